The predicted molar refractivity (Wildman–Crippen MR) is 24.4 cm³/mol. The molecule has 0 bridgehead atoms. The lowest BCUT2D eigenvalue weighted by Crippen LogP contribution is -2.19. The average Bonchev–Trinajstić information content (AvgIpc) is 1.67. The summed E-state index contributed by atoms with van der Waals surface area (Å²) in [5, 5.41) is 7.86. The lowest BCUT2D eigenvalue weighted by molar-refractivity contribution is -0.144. The van der Waals surface area contributed by atoms with Gasteiger partial charge in [0.25, 0.3) is 0 Å². The first kappa shape index (κ1) is 7.36. The predicted octanol–water partition coefficient (Wildman–Crippen LogP) is 0.0555. The first-order valence-electron chi connectivity index (χ1n) is 2.04. The minimum atomic E-state index is -1.89. The second kappa shape index (κ2) is 3.37. The molecule has 0 aromatic rings. The Morgan fingerprint density at radius 1 is 2.00 bits per heavy atom. The van der Waals surface area contributed by atoms with Crippen LogP contribution in [0.4, 0.5) is 4.39 Å². The summed E-state index contributed by atoms with van der Waals surface area (Å²) in [7, 11) is 1.25. The molecule has 48 valence electrons. The number of halogens is 1. The summed E-state index contributed by atoms with van der Waals surface area (Å²) in [5.74, 6) is -1.48. The Labute approximate surface area is 46.1 Å². The van der Waals surface area contributed by atoms with Crippen molar-refractivity contribution < 1.29 is 19.0 Å². The van der Waals surface area contributed by atoms with Crippen molar-refractivity contribution in [3.8, 4) is 0 Å². The van der Waals surface area contributed by atoms with E-state index in [9.17, 15) is 9.18 Å². The number of carboxylic acids is 1. The van der Waals surface area contributed by atoms with E-state index in [1.165, 1.54) is 7.11 Å². The van der Waals surface area contributed by atoms with Crippen molar-refractivity contribution in [1.82, 2.24) is 0 Å². The molecule has 0 rings (SSSR count). The molecule has 8 heavy (non-hydrogen) atoms. The van der Waals surface area contributed by atoms with E-state index in [4.69, 9.17) is 5.11 Å². The highest BCUT2D eigenvalue weighted by atomic mass is 19.1. The van der Waals surface area contributed by atoms with Gasteiger partial charge in [0.1, 0.15) is 0 Å². The fraction of sp³-hybridized carbons (Fsp3) is 0.750. The van der Waals surface area contributed by atoms with E-state index in [2.05, 4.69) is 4.74 Å². The van der Waals surface area contributed by atoms with Crippen LogP contribution in [0.5, 0.6) is 0 Å². The maximum Gasteiger partial charge on any atom is 0.340 e. The molecule has 3 nitrogen and oxygen atoms in total. The van der Waals surface area contributed by atoms with Gasteiger partial charge in [-0.1, -0.05) is 0 Å². The molecule has 0 fully saturated rings. The van der Waals surface area contributed by atoms with Crippen LogP contribution in [0.1, 0.15) is 0 Å². The van der Waals surface area contributed by atoms with Crippen LogP contribution in [0.3, 0.4) is 0 Å². The molecule has 1 atom stereocenters. The van der Waals surface area contributed by atoms with E-state index in [0.717, 1.165) is 0 Å². The van der Waals surface area contributed by atoms with Crippen molar-refractivity contribution in [2.75, 3.05) is 13.7 Å². The third-order valence-electron chi connectivity index (χ3n) is 0.581. The molecule has 0 aromatic carbocycles. The minimum absolute atomic E-state index is 0.380. The Morgan fingerprint density at radius 2 is 2.50 bits per heavy atom. The van der Waals surface area contributed by atoms with Crippen LogP contribution in [0.15, 0.2) is 0 Å². The van der Waals surface area contributed by atoms with Crippen molar-refractivity contribution in [2.45, 2.75) is 6.17 Å². The summed E-state index contributed by atoms with van der Waals surface area (Å²) in [6.07, 6.45) is -1.89. The maximum atomic E-state index is 11.8. The maximum absolute atomic E-state index is 11.8. The van der Waals surface area contributed by atoms with Crippen LogP contribution in [-0.4, -0.2) is 31.0 Å². The average molecular weight is 122 g/mol. The van der Waals surface area contributed by atoms with Crippen molar-refractivity contribution in [1.29, 1.82) is 0 Å². The highest BCUT2D eigenvalue weighted by Gasteiger charge is 2.13. The van der Waals surface area contributed by atoms with Gasteiger partial charge in [-0.05, 0) is 0 Å². The molecule has 0 aromatic heterocycles. The molecule has 1 N–H and O–H groups in total. The Hall–Kier alpha value is -0.640. The van der Waals surface area contributed by atoms with Gasteiger partial charge in [0.2, 0.25) is 6.17 Å². The molecular weight excluding hydrogens is 115 g/mol. The van der Waals surface area contributed by atoms with Gasteiger partial charge in [-0.2, -0.15) is 0 Å². The molecule has 0 aliphatic heterocycles. The van der Waals surface area contributed by atoms with Crippen molar-refractivity contribution >= 4 is 5.97 Å². The normalized spacial score (nSPS) is 13.2. The number of carboxylic acid groups (broad SMARTS) is 1. The summed E-state index contributed by atoms with van der Waals surface area (Å²) in [5.41, 5.74) is 0. The molecule has 0 aliphatic rings. The first-order valence-corrected chi connectivity index (χ1v) is 2.04. The Kier molecular flexibility index (Phi) is 3.10. The van der Waals surface area contributed by atoms with E-state index < -0.39 is 12.1 Å². The lowest BCUT2D eigenvalue weighted by Gasteiger charge is -1.97. The zero-order valence-corrected chi connectivity index (χ0v) is 4.43. The molecule has 0 spiro atoms. The van der Waals surface area contributed by atoms with Crippen LogP contribution >= 0.6 is 0 Å². The summed E-state index contributed by atoms with van der Waals surface area (Å²) in [6, 6.07) is 0. The van der Waals surface area contributed by atoms with Gasteiger partial charge in [-0.25, -0.2) is 9.18 Å². The third-order valence-corrected chi connectivity index (χ3v) is 0.581. The number of aliphatic carboxylic acids is 1. The highest BCUT2D eigenvalue weighted by Crippen LogP contribution is 1.88. The molecule has 0 amide bonds. The van der Waals surface area contributed by atoms with Crippen LogP contribution < -0.4 is 0 Å². The van der Waals surface area contributed by atoms with E-state index in [-0.39, 0.29) is 6.61 Å². The number of methoxy groups -OCH3 is 1. The Balaban J connectivity index is 3.32. The number of rotatable bonds is 3. The molecule has 0 radical (unpaired) electrons. The van der Waals surface area contributed by atoms with Crippen LogP contribution in [0.25, 0.3) is 0 Å². The quantitative estimate of drug-likeness (QED) is 0.575. The van der Waals surface area contributed by atoms with Crippen LogP contribution in [-0.2, 0) is 9.53 Å². The van der Waals surface area contributed by atoms with E-state index in [1.54, 1.807) is 0 Å². The second-order valence-electron chi connectivity index (χ2n) is 1.26. The number of hydrogen-bond donors (Lipinski definition) is 1. The molecule has 0 heterocycles. The zero-order chi connectivity index (χ0) is 6.57. The standard InChI is InChI=1S/C4H7FO3/c1-8-2-3(5)4(6)7/h3H,2H2,1H3,(H,6,7). The summed E-state index contributed by atoms with van der Waals surface area (Å²) >= 11 is 0. The molecule has 1 unspecified atom stereocenters. The van der Waals surface area contributed by atoms with E-state index in [0.29, 0.717) is 0 Å². The summed E-state index contributed by atoms with van der Waals surface area (Å²) in [4.78, 5) is 9.63. The summed E-state index contributed by atoms with van der Waals surface area (Å²) in [6.45, 7) is -0.380. The molecule has 0 aliphatic carbocycles. The lowest BCUT2D eigenvalue weighted by atomic mass is 10.4. The second-order valence-corrected chi connectivity index (χ2v) is 1.26. The smallest absolute Gasteiger partial charge is 0.340 e. The molecule has 0 saturated carbocycles. The van der Waals surface area contributed by atoms with E-state index in [1.807, 2.05) is 0 Å². The topological polar surface area (TPSA) is 46.5 Å². The number of alkyl halides is 1. The van der Waals surface area contributed by atoms with Gasteiger partial charge in [-0.15, -0.1) is 0 Å². The largest absolute Gasteiger partial charge is 0.479 e. The van der Waals surface area contributed by atoms with Gasteiger partial charge >= 0.3 is 5.97 Å². The van der Waals surface area contributed by atoms with Gasteiger partial charge in [0.15, 0.2) is 0 Å². The monoisotopic (exact) mass is 122 g/mol. The van der Waals surface area contributed by atoms with Crippen molar-refractivity contribution in [3.63, 3.8) is 0 Å². The minimum Gasteiger partial charge on any atom is -0.479 e. The van der Waals surface area contributed by atoms with Crippen molar-refractivity contribution in [2.24, 2.45) is 0 Å². The number of hydrogen-bond acceptors (Lipinski definition) is 2. The van der Waals surface area contributed by atoms with Gasteiger partial charge in [-0.3, -0.25) is 0 Å². The molecular formula is C4H7FO3. The van der Waals surface area contributed by atoms with E-state index >= 15 is 0 Å². The third kappa shape index (κ3) is 2.52. The zero-order valence-electron chi connectivity index (χ0n) is 4.43. The van der Waals surface area contributed by atoms with Gasteiger partial charge in [0, 0.05) is 7.11 Å². The first-order chi connectivity index (χ1) is 3.68. The highest BCUT2D eigenvalue weighted by molar-refractivity contribution is 5.72. The Morgan fingerprint density at radius 3 is 2.62 bits per heavy atom. The fourth-order valence-electron chi connectivity index (χ4n) is 0.218. The summed E-state index contributed by atoms with van der Waals surface area (Å²) < 4.78 is 16.0. The van der Waals surface area contributed by atoms with Crippen molar-refractivity contribution in [3.05, 3.63) is 0 Å². The molecule has 4 heteroatoms. The van der Waals surface area contributed by atoms with Crippen LogP contribution in [0.2, 0.25) is 0 Å². The molecule has 0 saturated heterocycles. The number of carbonyl (C=O) groups is 1. The fourth-order valence-corrected chi connectivity index (χ4v) is 0.218. The Bertz CT molecular complexity index is 83.4. The van der Waals surface area contributed by atoms with Crippen LogP contribution in [0, 0.1) is 0 Å². The number of ether oxygens (including phenoxy) is 1. The van der Waals surface area contributed by atoms with Gasteiger partial charge in [0.05, 0.1) is 6.61 Å². The SMILES string of the molecule is COCC(F)C(=O)O. The van der Waals surface area contributed by atoms with Gasteiger partial charge < -0.3 is 9.84 Å².